The molecule has 1 amide bonds. The number of sulfonamides is 1. The lowest BCUT2D eigenvalue weighted by Gasteiger charge is -2.20. The molecule has 0 radical (unpaired) electrons. The van der Waals surface area contributed by atoms with Crippen LogP contribution in [0.2, 0.25) is 5.02 Å². The third-order valence-corrected chi connectivity index (χ3v) is 6.21. The summed E-state index contributed by atoms with van der Waals surface area (Å²) >= 11 is 5.90. The van der Waals surface area contributed by atoms with E-state index in [-0.39, 0.29) is 23.2 Å². The summed E-state index contributed by atoms with van der Waals surface area (Å²) in [5.74, 6) is -0.513. The lowest BCUT2D eigenvalue weighted by atomic mass is 10.1. The number of nitrogens with zero attached hydrogens (tertiary/aromatic N) is 2. The summed E-state index contributed by atoms with van der Waals surface area (Å²) in [6.45, 7) is 0.467. The highest BCUT2D eigenvalue weighted by Gasteiger charge is 2.23. The Bertz CT molecular complexity index is 950. The number of esters is 1. The van der Waals surface area contributed by atoms with Crippen LogP contribution in [0.3, 0.4) is 0 Å². The van der Waals surface area contributed by atoms with Gasteiger partial charge in [-0.15, -0.1) is 0 Å². The van der Waals surface area contributed by atoms with Gasteiger partial charge in [-0.3, -0.25) is 9.59 Å². The molecule has 11 heteroatoms. The van der Waals surface area contributed by atoms with Crippen molar-refractivity contribution >= 4 is 33.5 Å². The van der Waals surface area contributed by atoms with Gasteiger partial charge in [0.2, 0.25) is 15.9 Å². The number of amides is 1. The van der Waals surface area contributed by atoms with Gasteiger partial charge in [-0.2, -0.15) is 4.72 Å². The van der Waals surface area contributed by atoms with Gasteiger partial charge in [0.15, 0.2) is 0 Å². The molecule has 0 aliphatic heterocycles. The molecule has 1 atom stereocenters. The zero-order valence-electron chi connectivity index (χ0n) is 17.3. The lowest BCUT2D eigenvalue weighted by Crippen LogP contribution is -2.36. The maximum Gasteiger partial charge on any atom is 0.305 e. The van der Waals surface area contributed by atoms with Crippen LogP contribution in [0.1, 0.15) is 44.7 Å². The minimum absolute atomic E-state index is 0.0116. The third-order valence-electron chi connectivity index (χ3n) is 4.52. The number of carbonyl (C=O) groups is 2. The van der Waals surface area contributed by atoms with E-state index < -0.39 is 16.2 Å². The number of rotatable bonds is 13. The van der Waals surface area contributed by atoms with E-state index in [1.807, 2.05) is 0 Å². The molecular weight excluding hydrogens is 444 g/mol. The Morgan fingerprint density at radius 1 is 1.23 bits per heavy atom. The van der Waals surface area contributed by atoms with Gasteiger partial charge in [-0.25, -0.2) is 13.4 Å². The molecule has 1 aromatic heterocycles. The number of halogens is 1. The third kappa shape index (κ3) is 8.68. The van der Waals surface area contributed by atoms with E-state index >= 15 is 0 Å². The molecule has 1 unspecified atom stereocenters. The van der Waals surface area contributed by atoms with Crippen molar-refractivity contribution in [3.63, 3.8) is 0 Å². The van der Waals surface area contributed by atoms with Crippen LogP contribution in [-0.2, 0) is 24.3 Å². The first-order chi connectivity index (χ1) is 14.8. The van der Waals surface area contributed by atoms with Crippen molar-refractivity contribution in [2.45, 2.75) is 49.6 Å². The van der Waals surface area contributed by atoms with E-state index in [0.29, 0.717) is 18.0 Å². The summed E-state index contributed by atoms with van der Waals surface area (Å²) in [7, 11) is -2.53. The second kappa shape index (κ2) is 12.4. The highest BCUT2D eigenvalue weighted by Crippen LogP contribution is 2.18. The standard InChI is InChI=1S/C20H27ClN4O5S/c1-30-20(27)9-4-2-3-5-10-23-19(26)14-18(25-12-11-22-15-25)24-31(28,29)17-8-6-7-16(21)13-17/h6-8,11-13,15,18,24H,2-5,9-10,14H2,1H3,(H,23,26). The lowest BCUT2D eigenvalue weighted by molar-refractivity contribution is -0.140. The van der Waals surface area contributed by atoms with E-state index in [2.05, 4.69) is 19.8 Å². The van der Waals surface area contributed by atoms with E-state index in [4.69, 9.17) is 11.6 Å². The normalized spacial score (nSPS) is 12.3. The molecule has 0 fully saturated rings. The van der Waals surface area contributed by atoms with Crippen LogP contribution in [0.15, 0.2) is 47.9 Å². The molecule has 0 aliphatic rings. The second-order valence-electron chi connectivity index (χ2n) is 6.90. The minimum Gasteiger partial charge on any atom is -0.469 e. The van der Waals surface area contributed by atoms with Crippen LogP contribution >= 0.6 is 11.6 Å². The van der Waals surface area contributed by atoms with Crippen LogP contribution in [-0.4, -0.2) is 43.5 Å². The number of nitrogens with one attached hydrogen (secondary N) is 2. The van der Waals surface area contributed by atoms with E-state index in [0.717, 1.165) is 25.7 Å². The van der Waals surface area contributed by atoms with E-state index in [9.17, 15) is 18.0 Å². The van der Waals surface area contributed by atoms with Crippen LogP contribution in [0.4, 0.5) is 0 Å². The fourth-order valence-corrected chi connectivity index (χ4v) is 4.36. The molecule has 1 aromatic carbocycles. The summed E-state index contributed by atoms with van der Waals surface area (Å²) in [4.78, 5) is 27.4. The molecule has 0 spiro atoms. The van der Waals surface area contributed by atoms with Gasteiger partial charge in [0.25, 0.3) is 0 Å². The highest BCUT2D eigenvalue weighted by molar-refractivity contribution is 7.89. The SMILES string of the molecule is COC(=O)CCCCCCNC(=O)CC(NS(=O)(=O)c1cccc(Cl)c1)n1ccnc1. The van der Waals surface area contributed by atoms with Gasteiger partial charge in [0.1, 0.15) is 6.17 Å². The predicted molar refractivity (Wildman–Crippen MR) is 116 cm³/mol. The Morgan fingerprint density at radius 3 is 2.68 bits per heavy atom. The monoisotopic (exact) mass is 470 g/mol. The van der Waals surface area contributed by atoms with Crippen molar-refractivity contribution < 1.29 is 22.7 Å². The van der Waals surface area contributed by atoms with E-state index in [1.54, 1.807) is 18.3 Å². The Morgan fingerprint density at radius 2 is 2.00 bits per heavy atom. The number of methoxy groups -OCH3 is 1. The average Bonchev–Trinajstić information content (AvgIpc) is 3.27. The van der Waals surface area contributed by atoms with Gasteiger partial charge in [-0.1, -0.05) is 30.5 Å². The molecule has 2 aromatic rings. The maximum atomic E-state index is 12.7. The smallest absolute Gasteiger partial charge is 0.305 e. The van der Waals surface area contributed by atoms with Crippen LogP contribution in [0.5, 0.6) is 0 Å². The molecular formula is C20H27ClN4O5S. The van der Waals surface area contributed by atoms with Gasteiger partial charge >= 0.3 is 5.97 Å². The zero-order valence-corrected chi connectivity index (χ0v) is 18.9. The Labute approximate surface area is 187 Å². The first-order valence-corrected chi connectivity index (χ1v) is 11.8. The summed E-state index contributed by atoms with van der Waals surface area (Å²) in [5.41, 5.74) is 0. The number of aromatic nitrogens is 2. The van der Waals surface area contributed by atoms with Crippen molar-refractivity contribution in [3.8, 4) is 0 Å². The van der Waals surface area contributed by atoms with Crippen LogP contribution in [0.25, 0.3) is 0 Å². The van der Waals surface area contributed by atoms with Gasteiger partial charge in [0.05, 0.1) is 24.8 Å². The average molecular weight is 471 g/mol. The fraction of sp³-hybridized carbons (Fsp3) is 0.450. The van der Waals surface area contributed by atoms with E-state index in [1.165, 1.54) is 36.3 Å². The quantitative estimate of drug-likeness (QED) is 0.343. The molecule has 0 saturated carbocycles. The van der Waals surface area contributed by atoms with Crippen molar-refractivity contribution in [1.29, 1.82) is 0 Å². The molecule has 9 nitrogen and oxygen atoms in total. The summed E-state index contributed by atoms with van der Waals surface area (Å²) < 4.78 is 34.1. The highest BCUT2D eigenvalue weighted by atomic mass is 35.5. The van der Waals surface area contributed by atoms with Gasteiger partial charge in [-0.05, 0) is 31.0 Å². The topological polar surface area (TPSA) is 119 Å². The summed E-state index contributed by atoms with van der Waals surface area (Å²) in [6, 6.07) is 5.90. The molecule has 2 rings (SSSR count). The molecule has 170 valence electrons. The summed E-state index contributed by atoms with van der Waals surface area (Å²) in [5, 5.41) is 3.10. The number of unbranched alkanes of at least 4 members (excludes halogenated alkanes) is 3. The summed E-state index contributed by atoms with van der Waals surface area (Å²) in [6.07, 6.45) is 7.22. The molecule has 0 saturated heterocycles. The number of hydrogen-bond acceptors (Lipinski definition) is 6. The number of benzene rings is 1. The van der Waals surface area contributed by atoms with Gasteiger partial charge < -0.3 is 14.6 Å². The Balaban J connectivity index is 1.86. The first-order valence-electron chi connectivity index (χ1n) is 9.90. The molecule has 31 heavy (non-hydrogen) atoms. The molecule has 0 aliphatic carbocycles. The Kier molecular flexibility index (Phi) is 9.96. The maximum absolute atomic E-state index is 12.7. The van der Waals surface area contributed by atoms with Crippen molar-refractivity contribution in [2.75, 3.05) is 13.7 Å². The van der Waals surface area contributed by atoms with Crippen molar-refractivity contribution in [3.05, 3.63) is 48.0 Å². The van der Waals surface area contributed by atoms with Gasteiger partial charge in [0, 0.05) is 30.4 Å². The van der Waals surface area contributed by atoms with Crippen molar-refractivity contribution in [2.24, 2.45) is 0 Å². The van der Waals surface area contributed by atoms with Crippen LogP contribution in [0, 0.1) is 0 Å². The number of hydrogen-bond donors (Lipinski definition) is 2. The molecule has 0 bridgehead atoms. The van der Waals surface area contributed by atoms with Crippen LogP contribution < -0.4 is 10.0 Å². The number of imidazole rings is 1. The van der Waals surface area contributed by atoms with Crippen molar-refractivity contribution in [1.82, 2.24) is 19.6 Å². The number of carbonyl (C=O) groups excluding carboxylic acids is 2. The fourth-order valence-electron chi connectivity index (χ4n) is 2.87. The largest absolute Gasteiger partial charge is 0.469 e. The molecule has 2 N–H and O–H groups in total. The minimum atomic E-state index is -3.90. The Hall–Kier alpha value is -2.43. The molecule has 1 heterocycles. The zero-order chi connectivity index (χ0) is 22.7. The number of ether oxygens (including phenoxy) is 1. The second-order valence-corrected chi connectivity index (χ2v) is 9.05. The first kappa shape index (κ1) is 24.8. The predicted octanol–water partition coefficient (Wildman–Crippen LogP) is 2.64.